The second-order valence-electron chi connectivity index (χ2n) is 6.96. The largest absolute Gasteiger partial charge is 0.416 e. The zero-order valence-corrected chi connectivity index (χ0v) is 17.5. The van der Waals surface area contributed by atoms with Crippen LogP contribution >= 0.6 is 23.1 Å². The van der Waals surface area contributed by atoms with Crippen molar-refractivity contribution in [1.82, 2.24) is 10.2 Å². The van der Waals surface area contributed by atoms with Crippen LogP contribution in [0.3, 0.4) is 0 Å². The molecule has 2 heterocycles. The van der Waals surface area contributed by atoms with Crippen LogP contribution in [0.5, 0.6) is 0 Å². The van der Waals surface area contributed by atoms with E-state index in [4.69, 9.17) is 4.74 Å². The molecule has 1 aliphatic heterocycles. The molecule has 2 aromatic rings. The highest BCUT2D eigenvalue weighted by Gasteiger charge is 2.32. The van der Waals surface area contributed by atoms with Crippen LogP contribution in [-0.2, 0) is 15.7 Å². The van der Waals surface area contributed by atoms with Crippen LogP contribution in [0.25, 0.3) is 0 Å². The molecule has 1 amide bonds. The molecule has 12 heteroatoms. The highest BCUT2D eigenvalue weighted by atomic mass is 32.2. The van der Waals surface area contributed by atoms with E-state index in [1.807, 2.05) is 4.90 Å². The number of aromatic nitrogens is 2. The molecule has 2 aliphatic rings. The predicted octanol–water partition coefficient (Wildman–Crippen LogP) is 3.70. The van der Waals surface area contributed by atoms with Crippen LogP contribution in [-0.4, -0.2) is 54.2 Å². The SMILES string of the molecule is O=C(CSc1nnc(NC2CC2)s1)Nc1cc(C(F)(F)F)ccc1N1CCOCC1. The first kappa shape index (κ1) is 21.2. The maximum Gasteiger partial charge on any atom is 0.416 e. The van der Waals surface area contributed by atoms with E-state index in [0.29, 0.717) is 47.5 Å². The summed E-state index contributed by atoms with van der Waals surface area (Å²) in [5.74, 6) is -0.377. The Bertz CT molecular complexity index is 898. The summed E-state index contributed by atoms with van der Waals surface area (Å²) in [7, 11) is 0. The van der Waals surface area contributed by atoms with Gasteiger partial charge in [-0.2, -0.15) is 13.2 Å². The quantitative estimate of drug-likeness (QED) is 0.612. The lowest BCUT2D eigenvalue weighted by Crippen LogP contribution is -2.37. The lowest BCUT2D eigenvalue weighted by atomic mass is 10.1. The molecule has 0 radical (unpaired) electrons. The lowest BCUT2D eigenvalue weighted by Gasteiger charge is -2.31. The molecule has 2 fully saturated rings. The topological polar surface area (TPSA) is 79.4 Å². The molecule has 1 aromatic heterocycles. The minimum absolute atomic E-state index is 0.0247. The summed E-state index contributed by atoms with van der Waals surface area (Å²) in [4.78, 5) is 14.4. The average molecular weight is 460 g/mol. The van der Waals surface area contributed by atoms with E-state index < -0.39 is 17.6 Å². The normalized spacial score (nSPS) is 17.1. The van der Waals surface area contributed by atoms with Gasteiger partial charge in [0.25, 0.3) is 0 Å². The highest BCUT2D eigenvalue weighted by molar-refractivity contribution is 8.01. The van der Waals surface area contributed by atoms with Crippen molar-refractivity contribution in [2.75, 3.05) is 47.6 Å². The molecule has 4 rings (SSSR count). The monoisotopic (exact) mass is 459 g/mol. The number of carbonyl (C=O) groups is 1. The Morgan fingerprint density at radius 3 is 2.73 bits per heavy atom. The first-order chi connectivity index (χ1) is 14.4. The third-order valence-electron chi connectivity index (χ3n) is 4.59. The predicted molar refractivity (Wildman–Crippen MR) is 110 cm³/mol. The molecule has 2 N–H and O–H groups in total. The fourth-order valence-corrected chi connectivity index (χ4v) is 4.56. The standard InChI is InChI=1S/C18H20F3N5O2S2/c19-18(20,21)11-1-4-14(26-5-7-28-8-6-26)13(9-11)23-15(27)10-29-17-25-24-16(30-17)22-12-2-3-12/h1,4,9,12H,2-3,5-8,10H2,(H,22,24)(H,23,27). The molecule has 1 aromatic carbocycles. The fraction of sp³-hybridized carbons (Fsp3) is 0.500. The lowest BCUT2D eigenvalue weighted by molar-refractivity contribution is -0.137. The number of anilines is 3. The number of nitrogens with one attached hydrogen (secondary N) is 2. The van der Waals surface area contributed by atoms with Crippen molar-refractivity contribution in [2.45, 2.75) is 29.4 Å². The van der Waals surface area contributed by atoms with Crippen molar-refractivity contribution >= 4 is 45.5 Å². The van der Waals surface area contributed by atoms with Crippen LogP contribution in [0.1, 0.15) is 18.4 Å². The van der Waals surface area contributed by atoms with E-state index in [1.165, 1.54) is 29.2 Å². The molecular weight excluding hydrogens is 439 g/mol. The number of halogens is 3. The highest BCUT2D eigenvalue weighted by Crippen LogP contribution is 2.36. The van der Waals surface area contributed by atoms with Gasteiger partial charge in [-0.15, -0.1) is 10.2 Å². The molecule has 162 valence electrons. The van der Waals surface area contributed by atoms with E-state index in [-0.39, 0.29) is 11.4 Å². The summed E-state index contributed by atoms with van der Waals surface area (Å²) in [6, 6.07) is 3.87. The van der Waals surface area contributed by atoms with Crippen LogP contribution in [0.4, 0.5) is 29.7 Å². The summed E-state index contributed by atoms with van der Waals surface area (Å²) in [5.41, 5.74) is -0.107. The van der Waals surface area contributed by atoms with E-state index in [0.717, 1.165) is 25.0 Å². The van der Waals surface area contributed by atoms with E-state index in [2.05, 4.69) is 20.8 Å². The first-order valence-corrected chi connectivity index (χ1v) is 11.3. The smallest absolute Gasteiger partial charge is 0.378 e. The zero-order chi connectivity index (χ0) is 21.1. The van der Waals surface area contributed by atoms with Crippen molar-refractivity contribution in [3.8, 4) is 0 Å². The molecule has 0 unspecified atom stereocenters. The van der Waals surface area contributed by atoms with E-state index in [9.17, 15) is 18.0 Å². The first-order valence-electron chi connectivity index (χ1n) is 9.45. The number of carbonyl (C=O) groups excluding carboxylic acids is 1. The molecule has 1 saturated heterocycles. The van der Waals surface area contributed by atoms with Gasteiger partial charge < -0.3 is 20.3 Å². The molecule has 0 atom stereocenters. The van der Waals surface area contributed by atoms with Gasteiger partial charge >= 0.3 is 6.18 Å². The molecule has 0 spiro atoms. The van der Waals surface area contributed by atoms with Crippen LogP contribution in [0, 0.1) is 0 Å². The van der Waals surface area contributed by atoms with Crippen LogP contribution in [0.2, 0.25) is 0 Å². The van der Waals surface area contributed by atoms with Gasteiger partial charge in [-0.1, -0.05) is 23.1 Å². The molecule has 30 heavy (non-hydrogen) atoms. The number of rotatable bonds is 7. The number of hydrogen-bond acceptors (Lipinski definition) is 8. The Hall–Kier alpha value is -2.05. The van der Waals surface area contributed by atoms with Crippen LogP contribution < -0.4 is 15.5 Å². The third kappa shape index (κ3) is 5.55. The van der Waals surface area contributed by atoms with Gasteiger partial charge in [-0.25, -0.2) is 0 Å². The summed E-state index contributed by atoms with van der Waals surface area (Å²) >= 11 is 2.56. The second kappa shape index (κ2) is 8.98. The van der Waals surface area contributed by atoms with E-state index >= 15 is 0 Å². The average Bonchev–Trinajstić information content (AvgIpc) is 3.42. The Balaban J connectivity index is 1.42. The number of hydrogen-bond donors (Lipinski definition) is 2. The second-order valence-corrected chi connectivity index (χ2v) is 9.16. The van der Waals surface area contributed by atoms with Gasteiger partial charge in [0.15, 0.2) is 4.34 Å². The van der Waals surface area contributed by atoms with Gasteiger partial charge in [0.1, 0.15) is 0 Å². The Labute approximate surface area is 179 Å². The number of amides is 1. The van der Waals surface area contributed by atoms with Gasteiger partial charge in [0, 0.05) is 19.1 Å². The summed E-state index contributed by atoms with van der Waals surface area (Å²) in [6.45, 7) is 2.06. The van der Waals surface area contributed by atoms with Crippen molar-refractivity contribution < 1.29 is 22.7 Å². The minimum atomic E-state index is -4.49. The number of morpholine rings is 1. The Kier molecular flexibility index (Phi) is 6.34. The zero-order valence-electron chi connectivity index (χ0n) is 15.9. The number of nitrogens with zero attached hydrogens (tertiary/aromatic N) is 3. The molecule has 0 bridgehead atoms. The maximum atomic E-state index is 13.2. The summed E-state index contributed by atoms with van der Waals surface area (Å²) < 4.78 is 45.5. The van der Waals surface area contributed by atoms with Gasteiger partial charge in [-0.05, 0) is 31.0 Å². The minimum Gasteiger partial charge on any atom is -0.378 e. The number of ether oxygens (including phenoxy) is 1. The molecular formula is C18H20F3N5O2S2. The van der Waals surface area contributed by atoms with E-state index in [1.54, 1.807) is 0 Å². The van der Waals surface area contributed by atoms with Gasteiger partial charge in [0.2, 0.25) is 11.0 Å². The summed E-state index contributed by atoms with van der Waals surface area (Å²) in [5, 5.41) is 14.7. The molecule has 7 nitrogen and oxygen atoms in total. The number of alkyl halides is 3. The number of benzene rings is 1. The fourth-order valence-electron chi connectivity index (χ4n) is 2.93. The van der Waals surface area contributed by atoms with Crippen molar-refractivity contribution in [3.05, 3.63) is 23.8 Å². The van der Waals surface area contributed by atoms with Crippen molar-refractivity contribution in [2.24, 2.45) is 0 Å². The molecule has 1 aliphatic carbocycles. The van der Waals surface area contributed by atoms with Crippen molar-refractivity contribution in [1.29, 1.82) is 0 Å². The van der Waals surface area contributed by atoms with Crippen molar-refractivity contribution in [3.63, 3.8) is 0 Å². The Morgan fingerprint density at radius 2 is 2.03 bits per heavy atom. The Morgan fingerprint density at radius 1 is 1.27 bits per heavy atom. The number of thioether (sulfide) groups is 1. The van der Waals surface area contributed by atoms with Gasteiger partial charge in [-0.3, -0.25) is 4.79 Å². The maximum absolute atomic E-state index is 13.2. The van der Waals surface area contributed by atoms with Crippen LogP contribution in [0.15, 0.2) is 22.5 Å². The molecule has 1 saturated carbocycles. The third-order valence-corrected chi connectivity index (χ3v) is 6.58. The van der Waals surface area contributed by atoms with Gasteiger partial charge in [0.05, 0.1) is 35.9 Å². The summed E-state index contributed by atoms with van der Waals surface area (Å²) in [6.07, 6.45) is -2.25.